The zero-order chi connectivity index (χ0) is 19.0. The van der Waals surface area contributed by atoms with E-state index in [1.807, 2.05) is 30.3 Å². The minimum Gasteiger partial charge on any atom is -0.492 e. The van der Waals surface area contributed by atoms with E-state index < -0.39 is 17.5 Å². The Morgan fingerprint density at radius 2 is 1.69 bits per heavy atom. The van der Waals surface area contributed by atoms with Crippen molar-refractivity contribution in [2.75, 3.05) is 13.2 Å². The van der Waals surface area contributed by atoms with Crippen LogP contribution < -0.4 is 10.1 Å². The Morgan fingerprint density at radius 3 is 2.31 bits per heavy atom. The van der Waals surface area contributed by atoms with Gasteiger partial charge in [0.25, 0.3) is 0 Å². The number of ether oxygens (including phenoxy) is 2. The first kappa shape index (κ1) is 19.3. The number of amides is 1. The van der Waals surface area contributed by atoms with Gasteiger partial charge in [0.1, 0.15) is 19.0 Å². The summed E-state index contributed by atoms with van der Waals surface area (Å²) >= 11 is 0. The Morgan fingerprint density at radius 1 is 1.04 bits per heavy atom. The summed E-state index contributed by atoms with van der Waals surface area (Å²) in [7, 11) is 0. The van der Waals surface area contributed by atoms with E-state index in [4.69, 9.17) is 9.47 Å². The van der Waals surface area contributed by atoms with Crippen molar-refractivity contribution in [3.63, 3.8) is 0 Å². The predicted molar refractivity (Wildman–Crippen MR) is 97.2 cm³/mol. The molecule has 6 nitrogen and oxygen atoms in total. The zero-order valence-electron chi connectivity index (χ0n) is 14.9. The maximum absolute atomic E-state index is 11.6. The van der Waals surface area contributed by atoms with Gasteiger partial charge in [-0.1, -0.05) is 42.5 Å². The highest BCUT2D eigenvalue weighted by Crippen LogP contribution is 2.25. The summed E-state index contributed by atoms with van der Waals surface area (Å²) in [6.07, 6.45) is -0.504. The number of hydrogen-bond acceptors (Lipinski definition) is 4. The fourth-order valence-electron chi connectivity index (χ4n) is 2.19. The minimum absolute atomic E-state index is 0.217. The molecule has 1 amide bonds. The second kappa shape index (κ2) is 8.89. The molecule has 2 rings (SSSR count). The summed E-state index contributed by atoms with van der Waals surface area (Å²) in [6.45, 7) is 4.10. The summed E-state index contributed by atoms with van der Waals surface area (Å²) in [4.78, 5) is 22.8. The van der Waals surface area contributed by atoms with Gasteiger partial charge in [-0.3, -0.25) is 4.79 Å². The average molecular weight is 357 g/mol. The lowest BCUT2D eigenvalue weighted by Gasteiger charge is -2.19. The van der Waals surface area contributed by atoms with Gasteiger partial charge in [0.2, 0.25) is 0 Å². The Bertz CT molecular complexity index is 726. The molecule has 0 heterocycles. The molecular weight excluding hydrogens is 334 g/mol. The topological polar surface area (TPSA) is 84.9 Å². The van der Waals surface area contributed by atoms with Crippen molar-refractivity contribution in [1.82, 2.24) is 5.32 Å². The van der Waals surface area contributed by atoms with Gasteiger partial charge in [-0.15, -0.1) is 0 Å². The highest BCUT2D eigenvalue weighted by Gasteiger charge is 2.29. The number of benzene rings is 2. The molecule has 0 aliphatic rings. The third kappa shape index (κ3) is 5.51. The molecule has 0 aromatic heterocycles. The molecule has 0 atom stereocenters. The molecule has 0 fully saturated rings. The summed E-state index contributed by atoms with van der Waals surface area (Å²) in [5.74, 6) is -0.279. The van der Waals surface area contributed by atoms with E-state index in [0.717, 1.165) is 5.56 Å². The van der Waals surface area contributed by atoms with Crippen molar-refractivity contribution in [3.8, 4) is 5.75 Å². The van der Waals surface area contributed by atoms with Crippen LogP contribution in [0.2, 0.25) is 0 Å². The summed E-state index contributed by atoms with van der Waals surface area (Å²) < 4.78 is 10.6. The maximum Gasteiger partial charge on any atom is 0.407 e. The van der Waals surface area contributed by atoms with Crippen molar-refractivity contribution in [3.05, 3.63) is 65.7 Å². The van der Waals surface area contributed by atoms with Crippen LogP contribution in [0, 0.1) is 0 Å². The molecule has 2 N–H and O–H groups in total. The second-order valence-electron chi connectivity index (χ2n) is 6.29. The fourth-order valence-corrected chi connectivity index (χ4v) is 2.19. The molecule has 0 aliphatic heterocycles. The summed E-state index contributed by atoms with van der Waals surface area (Å²) in [5.41, 5.74) is 0.658. The molecule has 2 aromatic carbocycles. The lowest BCUT2D eigenvalue weighted by Crippen LogP contribution is -2.29. The van der Waals surface area contributed by atoms with Gasteiger partial charge >= 0.3 is 12.1 Å². The summed E-state index contributed by atoms with van der Waals surface area (Å²) in [6, 6.07) is 16.3. The highest BCUT2D eigenvalue weighted by molar-refractivity contribution is 5.80. The normalized spacial score (nSPS) is 10.8. The second-order valence-corrected chi connectivity index (χ2v) is 6.29. The quantitative estimate of drug-likeness (QED) is 0.708. The molecule has 26 heavy (non-hydrogen) atoms. The number of alkyl carbamates (subject to hydrolysis) is 1. The van der Waals surface area contributed by atoms with Gasteiger partial charge < -0.3 is 19.9 Å². The molecular formula is C20H23NO5. The first-order valence-corrected chi connectivity index (χ1v) is 8.31. The molecule has 0 radical (unpaired) electrons. The van der Waals surface area contributed by atoms with Crippen LogP contribution >= 0.6 is 0 Å². The van der Waals surface area contributed by atoms with Crippen LogP contribution in [0.15, 0.2) is 54.6 Å². The van der Waals surface area contributed by atoms with E-state index in [2.05, 4.69) is 5.32 Å². The number of rotatable bonds is 8. The molecule has 0 bridgehead atoms. The molecule has 0 saturated heterocycles. The minimum atomic E-state index is -0.956. The Hall–Kier alpha value is -3.02. The maximum atomic E-state index is 11.6. The van der Waals surface area contributed by atoms with E-state index in [0.29, 0.717) is 17.9 Å². The highest BCUT2D eigenvalue weighted by atomic mass is 16.5. The van der Waals surface area contributed by atoms with E-state index in [-0.39, 0.29) is 13.2 Å². The molecule has 0 spiro atoms. The monoisotopic (exact) mass is 357 g/mol. The average Bonchev–Trinajstić information content (AvgIpc) is 2.64. The van der Waals surface area contributed by atoms with Gasteiger partial charge in [0, 0.05) is 0 Å². The molecule has 138 valence electrons. The van der Waals surface area contributed by atoms with Crippen molar-refractivity contribution >= 4 is 12.1 Å². The van der Waals surface area contributed by atoms with Crippen molar-refractivity contribution in [2.24, 2.45) is 0 Å². The number of carbonyl (C=O) groups is 2. The van der Waals surface area contributed by atoms with Crippen molar-refractivity contribution in [2.45, 2.75) is 25.9 Å². The largest absolute Gasteiger partial charge is 0.492 e. The Labute approximate surface area is 152 Å². The van der Waals surface area contributed by atoms with Crippen molar-refractivity contribution in [1.29, 1.82) is 0 Å². The molecule has 0 aliphatic carbocycles. The standard InChI is InChI=1S/C20H23NO5/c1-20(2,18(22)23)16-8-10-17(11-9-16)25-13-12-21-19(24)26-14-15-6-4-3-5-7-15/h3-11H,12-14H2,1-2H3,(H,21,24)(H,22,23). The van der Waals surface area contributed by atoms with Crippen LogP contribution in [0.4, 0.5) is 4.79 Å². The summed E-state index contributed by atoms with van der Waals surface area (Å²) in [5, 5.41) is 11.8. The number of hydrogen-bond donors (Lipinski definition) is 2. The van der Waals surface area contributed by atoms with E-state index in [9.17, 15) is 14.7 Å². The van der Waals surface area contributed by atoms with E-state index in [1.165, 1.54) is 0 Å². The number of carbonyl (C=O) groups excluding carboxylic acids is 1. The van der Waals surface area contributed by atoms with E-state index >= 15 is 0 Å². The van der Waals surface area contributed by atoms with Crippen LogP contribution in [0.25, 0.3) is 0 Å². The van der Waals surface area contributed by atoms with Gasteiger partial charge in [-0.05, 0) is 37.1 Å². The van der Waals surface area contributed by atoms with Crippen LogP contribution in [0.3, 0.4) is 0 Å². The lowest BCUT2D eigenvalue weighted by molar-refractivity contribution is -0.142. The fraction of sp³-hybridized carbons (Fsp3) is 0.300. The zero-order valence-corrected chi connectivity index (χ0v) is 14.9. The first-order valence-electron chi connectivity index (χ1n) is 8.31. The van der Waals surface area contributed by atoms with Gasteiger partial charge in [0.05, 0.1) is 12.0 Å². The third-order valence-corrected chi connectivity index (χ3v) is 3.96. The Kier molecular flexibility index (Phi) is 6.60. The third-order valence-electron chi connectivity index (χ3n) is 3.96. The van der Waals surface area contributed by atoms with Gasteiger partial charge in [0.15, 0.2) is 0 Å². The van der Waals surface area contributed by atoms with Crippen LogP contribution in [0.5, 0.6) is 5.75 Å². The lowest BCUT2D eigenvalue weighted by atomic mass is 9.85. The molecule has 0 saturated carbocycles. The smallest absolute Gasteiger partial charge is 0.407 e. The van der Waals surface area contributed by atoms with Gasteiger partial charge in [-0.25, -0.2) is 4.79 Å². The van der Waals surface area contributed by atoms with E-state index in [1.54, 1.807) is 38.1 Å². The number of nitrogens with one attached hydrogen (secondary N) is 1. The van der Waals surface area contributed by atoms with Crippen LogP contribution in [-0.2, 0) is 21.6 Å². The van der Waals surface area contributed by atoms with Crippen LogP contribution in [0.1, 0.15) is 25.0 Å². The molecule has 2 aromatic rings. The number of aliphatic carboxylic acids is 1. The number of carboxylic acid groups (broad SMARTS) is 1. The predicted octanol–water partition coefficient (Wildman–Crippen LogP) is 3.35. The molecule has 0 unspecified atom stereocenters. The van der Waals surface area contributed by atoms with Gasteiger partial charge in [-0.2, -0.15) is 0 Å². The number of carboxylic acids is 1. The Balaban J connectivity index is 1.69. The van der Waals surface area contributed by atoms with Crippen LogP contribution in [-0.4, -0.2) is 30.3 Å². The molecule has 6 heteroatoms. The van der Waals surface area contributed by atoms with Crippen molar-refractivity contribution < 1.29 is 24.2 Å². The SMILES string of the molecule is CC(C)(C(=O)O)c1ccc(OCCNC(=O)OCc2ccccc2)cc1. The first-order chi connectivity index (χ1) is 12.4.